The van der Waals surface area contributed by atoms with E-state index in [-0.39, 0.29) is 12.3 Å². The molecule has 0 saturated heterocycles. The average molecular weight is 228 g/mol. The maximum atomic E-state index is 11.1. The van der Waals surface area contributed by atoms with Gasteiger partial charge in [-0.1, -0.05) is 18.2 Å². The zero-order valence-corrected chi connectivity index (χ0v) is 8.62. The predicted octanol–water partition coefficient (Wildman–Crippen LogP) is 2.50. The molecule has 0 aromatic heterocycles. The molecule has 15 heavy (non-hydrogen) atoms. The second kappa shape index (κ2) is 5.26. The van der Waals surface area contributed by atoms with E-state index in [9.17, 15) is 4.79 Å². The number of aliphatic hydroxyl groups is 1. The Hall–Kier alpha value is -1.68. The van der Waals surface area contributed by atoms with Gasteiger partial charge in [-0.3, -0.25) is 0 Å². The van der Waals surface area contributed by atoms with Crippen LogP contribution in [0, 0.1) is 0 Å². The first kappa shape index (κ1) is 11.4. The normalized spacial score (nSPS) is 9.40. The average Bonchev–Trinajstić information content (AvgIpc) is 2.19. The minimum atomic E-state index is -0.660. The Morgan fingerprint density at radius 1 is 1.47 bits per heavy atom. The van der Waals surface area contributed by atoms with Gasteiger partial charge in [-0.25, -0.2) is 4.79 Å². The highest BCUT2D eigenvalue weighted by molar-refractivity contribution is 6.30. The second-order valence-corrected chi connectivity index (χ2v) is 3.20. The number of hydrogen-bond donors (Lipinski definition) is 2. The quantitative estimate of drug-likeness (QED) is 0.780. The fourth-order valence-electron chi connectivity index (χ4n) is 0.820. The molecule has 0 aliphatic heterocycles. The van der Waals surface area contributed by atoms with Crippen molar-refractivity contribution in [1.82, 2.24) is 5.32 Å². The van der Waals surface area contributed by atoms with E-state index in [2.05, 4.69) is 11.9 Å². The van der Waals surface area contributed by atoms with Crippen LogP contribution in [0.1, 0.15) is 0 Å². The lowest BCUT2D eigenvalue weighted by atomic mass is 10.3. The van der Waals surface area contributed by atoms with Crippen LogP contribution >= 0.6 is 11.6 Å². The van der Waals surface area contributed by atoms with Crippen molar-refractivity contribution in [3.8, 4) is 5.75 Å². The topological polar surface area (TPSA) is 58.6 Å². The summed E-state index contributed by atoms with van der Waals surface area (Å²) in [5.41, 5.74) is 0. The van der Waals surface area contributed by atoms with E-state index >= 15 is 0 Å². The van der Waals surface area contributed by atoms with Crippen LogP contribution < -0.4 is 10.1 Å². The zero-order valence-electron chi connectivity index (χ0n) is 7.87. The lowest BCUT2D eigenvalue weighted by molar-refractivity contribution is 0.199. The van der Waals surface area contributed by atoms with Crippen molar-refractivity contribution in [2.24, 2.45) is 0 Å². The number of halogens is 1. The van der Waals surface area contributed by atoms with Crippen LogP contribution in [0.25, 0.3) is 0 Å². The van der Waals surface area contributed by atoms with Gasteiger partial charge in [0.2, 0.25) is 0 Å². The monoisotopic (exact) mass is 227 g/mol. The van der Waals surface area contributed by atoms with Gasteiger partial charge in [0.15, 0.2) is 0 Å². The van der Waals surface area contributed by atoms with Crippen molar-refractivity contribution in [2.45, 2.75) is 0 Å². The third kappa shape index (κ3) is 4.37. The van der Waals surface area contributed by atoms with Crippen LogP contribution in [0.15, 0.2) is 36.6 Å². The molecule has 0 spiro atoms. The largest absolute Gasteiger partial charge is 0.511 e. The van der Waals surface area contributed by atoms with Crippen molar-refractivity contribution < 1.29 is 14.6 Å². The fourth-order valence-corrected chi connectivity index (χ4v) is 0.946. The number of rotatable bonds is 3. The Morgan fingerprint density at radius 2 is 2.07 bits per heavy atom. The highest BCUT2D eigenvalue weighted by atomic mass is 35.5. The zero-order chi connectivity index (χ0) is 11.3. The highest BCUT2D eigenvalue weighted by Gasteiger charge is 2.03. The summed E-state index contributed by atoms with van der Waals surface area (Å²) in [7, 11) is 0. The minimum absolute atomic E-state index is 0.0353. The summed E-state index contributed by atoms with van der Waals surface area (Å²) >= 11 is 5.65. The van der Waals surface area contributed by atoms with Gasteiger partial charge in [0.25, 0.3) is 0 Å². The third-order valence-electron chi connectivity index (χ3n) is 1.46. The SMILES string of the molecule is C=C(O)CNC(=O)Oc1ccc(Cl)cc1. The molecular weight excluding hydrogens is 218 g/mol. The van der Waals surface area contributed by atoms with Gasteiger partial charge in [-0.15, -0.1) is 0 Å². The second-order valence-electron chi connectivity index (χ2n) is 2.76. The van der Waals surface area contributed by atoms with Crippen molar-refractivity contribution in [3.05, 3.63) is 41.6 Å². The lowest BCUT2D eigenvalue weighted by Crippen LogP contribution is -2.28. The number of carbonyl (C=O) groups excluding carboxylic acids is 1. The molecule has 0 unspecified atom stereocenters. The van der Waals surface area contributed by atoms with Gasteiger partial charge in [-0.2, -0.15) is 0 Å². The molecule has 1 rings (SSSR count). The van der Waals surface area contributed by atoms with Crippen LogP contribution in [0.5, 0.6) is 5.75 Å². The van der Waals surface area contributed by atoms with Crippen molar-refractivity contribution in [2.75, 3.05) is 6.54 Å². The summed E-state index contributed by atoms with van der Waals surface area (Å²) < 4.78 is 4.86. The lowest BCUT2D eigenvalue weighted by Gasteiger charge is -2.05. The van der Waals surface area contributed by atoms with Crippen LogP contribution in [0.2, 0.25) is 5.02 Å². The molecule has 1 amide bonds. The fraction of sp³-hybridized carbons (Fsp3) is 0.100. The standard InChI is InChI=1S/C10H10ClNO3/c1-7(13)6-12-10(14)15-9-4-2-8(11)3-5-9/h2-5,13H,1,6H2,(H,12,14). The third-order valence-corrected chi connectivity index (χ3v) is 1.71. The summed E-state index contributed by atoms with van der Waals surface area (Å²) in [4.78, 5) is 11.1. The molecule has 0 aliphatic rings. The predicted molar refractivity (Wildman–Crippen MR) is 57.2 cm³/mol. The highest BCUT2D eigenvalue weighted by Crippen LogP contribution is 2.15. The molecule has 0 saturated carbocycles. The summed E-state index contributed by atoms with van der Waals surface area (Å²) in [6.07, 6.45) is -0.660. The molecule has 80 valence electrons. The van der Waals surface area contributed by atoms with E-state index in [4.69, 9.17) is 21.4 Å². The first-order valence-electron chi connectivity index (χ1n) is 4.16. The van der Waals surface area contributed by atoms with E-state index in [1.807, 2.05) is 0 Å². The maximum Gasteiger partial charge on any atom is 0.412 e. The van der Waals surface area contributed by atoms with Crippen LogP contribution in [-0.2, 0) is 0 Å². The smallest absolute Gasteiger partial charge is 0.412 e. The van der Waals surface area contributed by atoms with Crippen molar-refractivity contribution >= 4 is 17.7 Å². The van der Waals surface area contributed by atoms with Gasteiger partial charge in [0.1, 0.15) is 11.5 Å². The number of hydrogen-bond acceptors (Lipinski definition) is 3. The first-order chi connectivity index (χ1) is 7.08. The summed E-state index contributed by atoms with van der Waals surface area (Å²) in [6, 6.07) is 6.34. The molecule has 1 aromatic carbocycles. The van der Waals surface area contributed by atoms with E-state index in [1.54, 1.807) is 24.3 Å². The van der Waals surface area contributed by atoms with Gasteiger partial charge in [-0.05, 0) is 24.3 Å². The summed E-state index contributed by atoms with van der Waals surface area (Å²) in [6.45, 7) is 3.18. The Bertz CT molecular complexity index is 361. The number of ether oxygens (including phenoxy) is 1. The van der Waals surface area contributed by atoms with E-state index in [0.29, 0.717) is 10.8 Å². The molecule has 1 aromatic rings. The number of carbonyl (C=O) groups is 1. The van der Waals surface area contributed by atoms with Gasteiger partial charge < -0.3 is 15.2 Å². The molecule has 0 fully saturated rings. The molecule has 0 bridgehead atoms. The Labute approximate surface area is 92.1 Å². The van der Waals surface area contributed by atoms with Gasteiger partial charge in [0.05, 0.1) is 6.54 Å². The van der Waals surface area contributed by atoms with Gasteiger partial charge in [0, 0.05) is 5.02 Å². The molecule has 0 heterocycles. The Kier molecular flexibility index (Phi) is 4.00. The maximum absolute atomic E-state index is 11.1. The van der Waals surface area contributed by atoms with Crippen molar-refractivity contribution in [3.63, 3.8) is 0 Å². The molecule has 0 atom stereocenters. The number of nitrogens with one attached hydrogen (secondary N) is 1. The molecular formula is C10H10ClNO3. The van der Waals surface area contributed by atoms with E-state index in [1.165, 1.54) is 0 Å². The number of aliphatic hydroxyl groups excluding tert-OH is 1. The summed E-state index contributed by atoms with van der Waals surface area (Å²) in [5, 5.41) is 11.6. The van der Waals surface area contributed by atoms with E-state index in [0.717, 1.165) is 0 Å². The molecule has 2 N–H and O–H groups in total. The first-order valence-corrected chi connectivity index (χ1v) is 4.53. The molecule has 5 heteroatoms. The minimum Gasteiger partial charge on any atom is -0.511 e. The molecule has 4 nitrogen and oxygen atoms in total. The van der Waals surface area contributed by atoms with Gasteiger partial charge >= 0.3 is 6.09 Å². The number of amides is 1. The van der Waals surface area contributed by atoms with E-state index < -0.39 is 6.09 Å². The van der Waals surface area contributed by atoms with Crippen LogP contribution in [0.4, 0.5) is 4.79 Å². The Morgan fingerprint density at radius 3 is 2.60 bits per heavy atom. The van der Waals surface area contributed by atoms with Crippen LogP contribution in [0.3, 0.4) is 0 Å². The molecule has 0 radical (unpaired) electrons. The van der Waals surface area contributed by atoms with Crippen LogP contribution in [-0.4, -0.2) is 17.7 Å². The Balaban J connectivity index is 2.44. The summed E-state index contributed by atoms with van der Waals surface area (Å²) in [5.74, 6) is 0.239. The number of benzene rings is 1. The van der Waals surface area contributed by atoms with Crippen molar-refractivity contribution in [1.29, 1.82) is 0 Å². The molecule has 0 aliphatic carbocycles.